The summed E-state index contributed by atoms with van der Waals surface area (Å²) in [5.74, 6) is 2.17. The molecule has 2 saturated heterocycles. The van der Waals surface area contributed by atoms with Gasteiger partial charge >= 0.3 is 0 Å². The first-order valence-electron chi connectivity index (χ1n) is 8.33. The molecule has 0 amide bonds. The highest BCUT2D eigenvalue weighted by molar-refractivity contribution is 5.02. The number of aromatic nitrogens is 2. The van der Waals surface area contributed by atoms with Crippen molar-refractivity contribution >= 4 is 0 Å². The van der Waals surface area contributed by atoms with Gasteiger partial charge < -0.3 is 14.6 Å². The molecule has 0 aromatic carbocycles. The molecule has 2 fully saturated rings. The van der Waals surface area contributed by atoms with E-state index < -0.39 is 5.60 Å². The smallest absolute Gasteiger partial charge is 0.227 e. The van der Waals surface area contributed by atoms with Crippen LogP contribution in [0.15, 0.2) is 4.52 Å². The van der Waals surface area contributed by atoms with Gasteiger partial charge in [-0.3, -0.25) is 0 Å². The fourth-order valence-electron chi connectivity index (χ4n) is 4.06. The van der Waals surface area contributed by atoms with E-state index in [1.165, 1.54) is 25.7 Å². The number of nitrogens with zero attached hydrogens (tertiary/aromatic N) is 2. The molecule has 2 aliphatic heterocycles. The topological polar surface area (TPSA) is 60.2 Å². The third-order valence-electron chi connectivity index (χ3n) is 5.44. The number of nitrogens with one attached hydrogen (secondary N) is 1. The van der Waals surface area contributed by atoms with E-state index in [4.69, 9.17) is 9.26 Å². The Hall–Kier alpha value is -0.940. The van der Waals surface area contributed by atoms with Gasteiger partial charge in [0.05, 0.1) is 0 Å². The van der Waals surface area contributed by atoms with Crippen LogP contribution >= 0.6 is 0 Å². The molecule has 0 radical (unpaired) electrons. The van der Waals surface area contributed by atoms with Gasteiger partial charge in [-0.2, -0.15) is 4.98 Å². The lowest BCUT2D eigenvalue weighted by Gasteiger charge is -2.28. The van der Waals surface area contributed by atoms with Crippen molar-refractivity contribution in [3.8, 4) is 0 Å². The third kappa shape index (κ3) is 2.86. The minimum absolute atomic E-state index is 0.394. The van der Waals surface area contributed by atoms with Crippen LogP contribution < -0.4 is 5.32 Å². The van der Waals surface area contributed by atoms with Crippen LogP contribution in [0.25, 0.3) is 0 Å². The first kappa shape index (κ1) is 15.0. The Labute approximate surface area is 126 Å². The zero-order valence-corrected chi connectivity index (χ0v) is 13.4. The first-order chi connectivity index (χ1) is 10.2. The summed E-state index contributed by atoms with van der Waals surface area (Å²) in [5, 5.41) is 7.87. The van der Waals surface area contributed by atoms with Gasteiger partial charge in [0.2, 0.25) is 11.7 Å². The maximum Gasteiger partial charge on any atom is 0.227 e. The third-order valence-corrected chi connectivity index (χ3v) is 5.44. The molecule has 0 spiro atoms. The molecule has 2 aliphatic rings. The second-order valence-corrected chi connectivity index (χ2v) is 6.60. The molecule has 2 atom stereocenters. The lowest BCUT2D eigenvalue weighted by atomic mass is 9.89. The average molecular weight is 293 g/mol. The SMILES string of the molecule is CCC(CC)(OC)c1noc(CC2CC3CCC(C2)N3)n1. The number of fused-ring (bicyclic) bond motifs is 2. The van der Waals surface area contributed by atoms with Gasteiger partial charge in [-0.05, 0) is 44.4 Å². The molecule has 0 saturated carbocycles. The minimum Gasteiger partial charge on any atom is -0.370 e. The van der Waals surface area contributed by atoms with E-state index in [-0.39, 0.29) is 0 Å². The van der Waals surface area contributed by atoms with Crippen molar-refractivity contribution < 1.29 is 9.26 Å². The number of hydrogen-bond acceptors (Lipinski definition) is 5. The summed E-state index contributed by atoms with van der Waals surface area (Å²) in [6.07, 6.45) is 7.77. The van der Waals surface area contributed by atoms with Crippen molar-refractivity contribution in [3.05, 3.63) is 11.7 Å². The van der Waals surface area contributed by atoms with Gasteiger partial charge in [0, 0.05) is 25.6 Å². The van der Waals surface area contributed by atoms with Crippen LogP contribution in [0.2, 0.25) is 0 Å². The summed E-state index contributed by atoms with van der Waals surface area (Å²) in [4.78, 5) is 4.64. The highest BCUT2D eigenvalue weighted by Gasteiger charge is 2.36. The molecule has 118 valence electrons. The summed E-state index contributed by atoms with van der Waals surface area (Å²) in [7, 11) is 1.73. The van der Waals surface area contributed by atoms with Gasteiger partial charge in [-0.15, -0.1) is 0 Å². The van der Waals surface area contributed by atoms with E-state index in [2.05, 4.69) is 29.3 Å². The zero-order chi connectivity index (χ0) is 14.9. The molecule has 0 aliphatic carbocycles. The standard InChI is InChI=1S/C16H27N3O2/c1-4-16(5-2,20-3)15-18-14(21-19-15)10-11-8-12-6-7-13(9-11)17-12/h11-13,17H,4-10H2,1-3H3. The van der Waals surface area contributed by atoms with Crippen LogP contribution in [0.5, 0.6) is 0 Å². The Morgan fingerprint density at radius 3 is 2.48 bits per heavy atom. The van der Waals surface area contributed by atoms with Gasteiger partial charge in [-0.1, -0.05) is 19.0 Å². The average Bonchev–Trinajstić information content (AvgIpc) is 3.09. The van der Waals surface area contributed by atoms with Gasteiger partial charge in [-0.25, -0.2) is 0 Å². The Morgan fingerprint density at radius 2 is 1.90 bits per heavy atom. The number of rotatable bonds is 6. The molecule has 3 heterocycles. The van der Waals surface area contributed by atoms with Crippen molar-refractivity contribution in [1.82, 2.24) is 15.5 Å². The molecule has 1 aromatic rings. The number of ether oxygens (including phenoxy) is 1. The van der Waals surface area contributed by atoms with Crippen LogP contribution in [0.3, 0.4) is 0 Å². The van der Waals surface area contributed by atoms with E-state index in [9.17, 15) is 0 Å². The van der Waals surface area contributed by atoms with Gasteiger partial charge in [0.15, 0.2) is 0 Å². The minimum atomic E-state index is -0.394. The van der Waals surface area contributed by atoms with Crippen molar-refractivity contribution in [2.75, 3.05) is 7.11 Å². The maximum atomic E-state index is 5.67. The van der Waals surface area contributed by atoms with Crippen LogP contribution in [0.4, 0.5) is 0 Å². The van der Waals surface area contributed by atoms with E-state index >= 15 is 0 Å². The zero-order valence-electron chi connectivity index (χ0n) is 13.4. The fourth-order valence-corrected chi connectivity index (χ4v) is 4.06. The summed E-state index contributed by atoms with van der Waals surface area (Å²) in [6, 6.07) is 1.42. The molecule has 2 bridgehead atoms. The largest absolute Gasteiger partial charge is 0.370 e. The van der Waals surface area contributed by atoms with E-state index in [1.807, 2.05) is 0 Å². The highest BCUT2D eigenvalue weighted by Crippen LogP contribution is 2.34. The van der Waals surface area contributed by atoms with Crippen LogP contribution in [0.1, 0.15) is 64.1 Å². The molecular formula is C16H27N3O2. The lowest BCUT2D eigenvalue weighted by molar-refractivity contribution is -0.0306. The molecule has 1 aromatic heterocycles. The molecule has 1 N–H and O–H groups in total. The molecule has 2 unspecified atom stereocenters. The molecule has 5 heteroatoms. The quantitative estimate of drug-likeness (QED) is 0.874. The monoisotopic (exact) mass is 293 g/mol. The van der Waals surface area contributed by atoms with Crippen LogP contribution in [0, 0.1) is 5.92 Å². The normalized spacial score (nSPS) is 29.0. The number of piperidine rings is 1. The van der Waals surface area contributed by atoms with Crippen molar-refractivity contribution in [2.24, 2.45) is 5.92 Å². The van der Waals surface area contributed by atoms with Crippen molar-refractivity contribution in [3.63, 3.8) is 0 Å². The Kier molecular flexibility index (Phi) is 4.31. The number of methoxy groups -OCH3 is 1. The summed E-state index contributed by atoms with van der Waals surface area (Å²) in [6.45, 7) is 4.21. The van der Waals surface area contributed by atoms with Crippen molar-refractivity contribution in [1.29, 1.82) is 0 Å². The summed E-state index contributed by atoms with van der Waals surface area (Å²) < 4.78 is 11.2. The van der Waals surface area contributed by atoms with Gasteiger partial charge in [0.1, 0.15) is 5.60 Å². The first-order valence-corrected chi connectivity index (χ1v) is 8.33. The Morgan fingerprint density at radius 1 is 1.24 bits per heavy atom. The van der Waals surface area contributed by atoms with E-state index in [0.717, 1.165) is 25.2 Å². The molecular weight excluding hydrogens is 266 g/mol. The predicted molar refractivity (Wildman–Crippen MR) is 79.9 cm³/mol. The van der Waals surface area contributed by atoms with Crippen LogP contribution in [-0.4, -0.2) is 29.3 Å². The van der Waals surface area contributed by atoms with Crippen LogP contribution in [-0.2, 0) is 16.8 Å². The second kappa shape index (κ2) is 6.05. The highest BCUT2D eigenvalue weighted by atomic mass is 16.5. The lowest BCUT2D eigenvalue weighted by Crippen LogP contribution is -2.38. The van der Waals surface area contributed by atoms with E-state index in [1.54, 1.807) is 7.11 Å². The predicted octanol–water partition coefficient (Wildman–Crippen LogP) is 2.80. The number of hydrogen-bond donors (Lipinski definition) is 1. The second-order valence-electron chi connectivity index (χ2n) is 6.60. The maximum absolute atomic E-state index is 5.67. The molecule has 5 nitrogen and oxygen atoms in total. The molecule has 3 rings (SSSR count). The summed E-state index contributed by atoms with van der Waals surface area (Å²) >= 11 is 0. The van der Waals surface area contributed by atoms with Gasteiger partial charge in [0.25, 0.3) is 0 Å². The van der Waals surface area contributed by atoms with E-state index in [0.29, 0.717) is 23.8 Å². The Balaban J connectivity index is 1.67. The molecule has 21 heavy (non-hydrogen) atoms. The van der Waals surface area contributed by atoms with Crippen molar-refractivity contribution in [2.45, 2.75) is 76.5 Å². The summed E-state index contributed by atoms with van der Waals surface area (Å²) in [5.41, 5.74) is -0.394. The fraction of sp³-hybridized carbons (Fsp3) is 0.875. The Bertz CT molecular complexity index is 450.